The number of benzene rings is 2. The van der Waals surface area contributed by atoms with Crippen molar-refractivity contribution in [3.05, 3.63) is 69.7 Å². The van der Waals surface area contributed by atoms with Gasteiger partial charge in [-0.1, -0.05) is 41.4 Å². The van der Waals surface area contributed by atoms with Gasteiger partial charge in [-0.3, -0.25) is 0 Å². The van der Waals surface area contributed by atoms with E-state index in [0.29, 0.717) is 21.9 Å². The Balaban J connectivity index is 2.05. The molecule has 102 valence electrons. The molecule has 0 bridgehead atoms. The molecule has 1 atom stereocenters. The summed E-state index contributed by atoms with van der Waals surface area (Å²) in [5, 5.41) is 1.43. The van der Waals surface area contributed by atoms with Crippen LogP contribution in [0.2, 0.25) is 10.0 Å². The zero-order valence-electron chi connectivity index (χ0n) is 10.2. The minimum atomic E-state index is -0.531. The van der Waals surface area contributed by atoms with Gasteiger partial charge in [0, 0.05) is 5.39 Å². The Labute approximate surface area is 124 Å². The van der Waals surface area contributed by atoms with Crippen molar-refractivity contribution >= 4 is 34.2 Å². The van der Waals surface area contributed by atoms with Crippen LogP contribution < -0.4 is 5.73 Å². The standard InChI is InChI=1S/C15H10Cl2FNO/c16-10-3-1-2-9-7-13(20-15(9)10)14(19)8-4-5-12(18)11(17)6-8/h1-7,14H,19H2. The second-order valence-corrected chi connectivity index (χ2v) is 5.27. The molecule has 20 heavy (non-hydrogen) atoms. The zero-order valence-corrected chi connectivity index (χ0v) is 11.8. The third-order valence-electron chi connectivity index (χ3n) is 3.12. The quantitative estimate of drug-likeness (QED) is 0.729. The molecular formula is C15H10Cl2FNO. The Bertz CT molecular complexity index is 785. The molecule has 5 heteroatoms. The molecule has 2 nitrogen and oxygen atoms in total. The van der Waals surface area contributed by atoms with Crippen molar-refractivity contribution in [2.24, 2.45) is 5.73 Å². The van der Waals surface area contributed by atoms with Crippen LogP contribution in [0.5, 0.6) is 0 Å². The van der Waals surface area contributed by atoms with Crippen LogP contribution in [0, 0.1) is 5.82 Å². The number of fused-ring (bicyclic) bond motifs is 1. The number of furan rings is 1. The Morgan fingerprint density at radius 2 is 1.85 bits per heavy atom. The molecule has 0 saturated carbocycles. The molecule has 0 saturated heterocycles. The largest absolute Gasteiger partial charge is 0.457 e. The Kier molecular flexibility index (Phi) is 3.42. The predicted octanol–water partition coefficient (Wildman–Crippen LogP) is 4.93. The second-order valence-electron chi connectivity index (χ2n) is 4.46. The fraction of sp³-hybridized carbons (Fsp3) is 0.0667. The molecule has 1 aromatic heterocycles. The van der Waals surface area contributed by atoms with Crippen molar-refractivity contribution in [2.45, 2.75) is 6.04 Å². The number of hydrogen-bond acceptors (Lipinski definition) is 2. The van der Waals surface area contributed by atoms with Gasteiger partial charge in [-0.2, -0.15) is 0 Å². The fourth-order valence-electron chi connectivity index (χ4n) is 2.07. The molecular weight excluding hydrogens is 300 g/mol. The number of halogens is 3. The van der Waals surface area contributed by atoms with Gasteiger partial charge in [0.2, 0.25) is 0 Å². The Hall–Kier alpha value is -1.55. The average molecular weight is 310 g/mol. The van der Waals surface area contributed by atoms with Crippen molar-refractivity contribution < 1.29 is 8.81 Å². The molecule has 0 aliphatic rings. The average Bonchev–Trinajstić information content (AvgIpc) is 2.86. The van der Waals surface area contributed by atoms with Crippen molar-refractivity contribution in [3.8, 4) is 0 Å². The van der Waals surface area contributed by atoms with E-state index in [-0.39, 0.29) is 5.02 Å². The molecule has 3 aromatic rings. The van der Waals surface area contributed by atoms with E-state index in [1.165, 1.54) is 12.1 Å². The van der Waals surface area contributed by atoms with Crippen molar-refractivity contribution in [2.75, 3.05) is 0 Å². The van der Waals surface area contributed by atoms with E-state index < -0.39 is 11.9 Å². The SMILES string of the molecule is NC(c1ccc(F)c(Cl)c1)c1cc2cccc(Cl)c2o1. The molecule has 2 N–H and O–H groups in total. The highest BCUT2D eigenvalue weighted by atomic mass is 35.5. The van der Waals surface area contributed by atoms with Gasteiger partial charge < -0.3 is 10.2 Å². The first-order chi connectivity index (χ1) is 9.56. The third kappa shape index (κ3) is 2.29. The first-order valence-corrected chi connectivity index (χ1v) is 6.70. The lowest BCUT2D eigenvalue weighted by Gasteiger charge is -2.09. The van der Waals surface area contributed by atoms with Gasteiger partial charge in [0.15, 0.2) is 5.58 Å². The van der Waals surface area contributed by atoms with Crippen LogP contribution in [0.3, 0.4) is 0 Å². The van der Waals surface area contributed by atoms with Gasteiger partial charge in [0.05, 0.1) is 16.1 Å². The highest BCUT2D eigenvalue weighted by Crippen LogP contribution is 2.31. The minimum absolute atomic E-state index is 0.0343. The summed E-state index contributed by atoms with van der Waals surface area (Å²) in [6, 6.07) is 11.1. The second kappa shape index (κ2) is 5.09. The summed E-state index contributed by atoms with van der Waals surface area (Å²) in [5.41, 5.74) is 7.39. The number of hydrogen-bond donors (Lipinski definition) is 1. The number of rotatable bonds is 2. The molecule has 0 aliphatic heterocycles. The highest BCUT2D eigenvalue weighted by Gasteiger charge is 2.16. The van der Waals surface area contributed by atoms with Crippen LogP contribution in [0.15, 0.2) is 46.9 Å². The summed E-state index contributed by atoms with van der Waals surface area (Å²) in [5.74, 6) is 0.0750. The van der Waals surface area contributed by atoms with E-state index in [1.807, 2.05) is 18.2 Å². The zero-order chi connectivity index (χ0) is 14.3. The van der Waals surface area contributed by atoms with E-state index in [2.05, 4.69) is 0 Å². The minimum Gasteiger partial charge on any atom is -0.457 e. The molecule has 1 unspecified atom stereocenters. The molecule has 0 amide bonds. The highest BCUT2D eigenvalue weighted by molar-refractivity contribution is 6.34. The summed E-state index contributed by atoms with van der Waals surface area (Å²) in [4.78, 5) is 0. The van der Waals surface area contributed by atoms with E-state index in [4.69, 9.17) is 33.4 Å². The molecule has 1 heterocycles. The van der Waals surface area contributed by atoms with E-state index in [9.17, 15) is 4.39 Å². The fourth-order valence-corrected chi connectivity index (χ4v) is 2.48. The summed E-state index contributed by atoms with van der Waals surface area (Å²) >= 11 is 11.8. The maximum absolute atomic E-state index is 13.2. The summed E-state index contributed by atoms with van der Waals surface area (Å²) < 4.78 is 18.9. The van der Waals surface area contributed by atoms with Gasteiger partial charge >= 0.3 is 0 Å². The maximum Gasteiger partial charge on any atom is 0.152 e. The number of nitrogens with two attached hydrogens (primary N) is 1. The summed E-state index contributed by atoms with van der Waals surface area (Å²) in [6.07, 6.45) is 0. The normalized spacial score (nSPS) is 12.8. The van der Waals surface area contributed by atoms with Crippen LogP contribution in [0.25, 0.3) is 11.0 Å². The lowest BCUT2D eigenvalue weighted by atomic mass is 10.1. The Morgan fingerprint density at radius 3 is 2.55 bits per heavy atom. The molecule has 3 rings (SSSR count). The molecule has 0 radical (unpaired) electrons. The van der Waals surface area contributed by atoms with Crippen LogP contribution in [0.4, 0.5) is 4.39 Å². The molecule has 0 fully saturated rings. The van der Waals surface area contributed by atoms with Crippen molar-refractivity contribution in [1.29, 1.82) is 0 Å². The van der Waals surface area contributed by atoms with Gasteiger partial charge in [0.25, 0.3) is 0 Å². The van der Waals surface area contributed by atoms with Crippen molar-refractivity contribution in [3.63, 3.8) is 0 Å². The van der Waals surface area contributed by atoms with Crippen LogP contribution in [-0.2, 0) is 0 Å². The van der Waals surface area contributed by atoms with Crippen LogP contribution in [0.1, 0.15) is 17.4 Å². The lowest BCUT2D eigenvalue weighted by Crippen LogP contribution is -2.10. The first kappa shape index (κ1) is 13.4. The smallest absolute Gasteiger partial charge is 0.152 e. The van der Waals surface area contributed by atoms with E-state index >= 15 is 0 Å². The summed E-state index contributed by atoms with van der Waals surface area (Å²) in [6.45, 7) is 0. The van der Waals surface area contributed by atoms with Gasteiger partial charge in [-0.15, -0.1) is 0 Å². The van der Waals surface area contributed by atoms with Crippen LogP contribution >= 0.6 is 23.2 Å². The van der Waals surface area contributed by atoms with E-state index in [0.717, 1.165) is 5.39 Å². The van der Waals surface area contributed by atoms with E-state index in [1.54, 1.807) is 12.1 Å². The Morgan fingerprint density at radius 1 is 1.05 bits per heavy atom. The van der Waals surface area contributed by atoms with Gasteiger partial charge in [-0.05, 0) is 29.8 Å². The first-order valence-electron chi connectivity index (χ1n) is 5.95. The summed E-state index contributed by atoms with van der Waals surface area (Å²) in [7, 11) is 0. The number of para-hydroxylation sites is 1. The van der Waals surface area contributed by atoms with Crippen LogP contribution in [-0.4, -0.2) is 0 Å². The van der Waals surface area contributed by atoms with Gasteiger partial charge in [0.1, 0.15) is 11.6 Å². The third-order valence-corrected chi connectivity index (χ3v) is 3.71. The van der Waals surface area contributed by atoms with Crippen molar-refractivity contribution in [1.82, 2.24) is 0 Å². The maximum atomic E-state index is 13.2. The van der Waals surface area contributed by atoms with Gasteiger partial charge in [-0.25, -0.2) is 4.39 Å². The molecule has 0 spiro atoms. The topological polar surface area (TPSA) is 39.2 Å². The molecule has 2 aromatic carbocycles. The monoisotopic (exact) mass is 309 g/mol. The lowest BCUT2D eigenvalue weighted by molar-refractivity contribution is 0.524. The predicted molar refractivity (Wildman–Crippen MR) is 78.7 cm³/mol. The molecule has 0 aliphatic carbocycles.